The number of amides is 1. The number of carbonyl (C=O) groups is 1. The molecule has 194 valence electrons. The van der Waals surface area contributed by atoms with Gasteiger partial charge < -0.3 is 15.0 Å². The van der Waals surface area contributed by atoms with Gasteiger partial charge in [-0.15, -0.1) is 23.1 Å². The lowest BCUT2D eigenvalue weighted by Gasteiger charge is -2.33. The third-order valence-electron chi connectivity index (χ3n) is 5.85. The molecular weight excluding hydrogens is 500 g/mol. The summed E-state index contributed by atoms with van der Waals surface area (Å²) in [7, 11) is 0. The second-order valence-electron chi connectivity index (χ2n) is 10.7. The first-order valence-electron chi connectivity index (χ1n) is 12.5. The molecule has 3 heterocycles. The molecular formula is C26H39ClN4O2S2. The highest BCUT2D eigenvalue weighted by atomic mass is 35.5. The number of rotatable bonds is 4. The maximum atomic E-state index is 12.3. The Balaban J connectivity index is 0.00000167. The van der Waals surface area contributed by atoms with E-state index in [1.807, 2.05) is 46.8 Å². The first-order chi connectivity index (χ1) is 16.5. The van der Waals surface area contributed by atoms with Crippen LogP contribution in [0.15, 0.2) is 17.0 Å². The van der Waals surface area contributed by atoms with Crippen LogP contribution in [-0.4, -0.2) is 44.9 Å². The van der Waals surface area contributed by atoms with Crippen molar-refractivity contribution in [3.05, 3.63) is 27.9 Å². The zero-order valence-electron chi connectivity index (χ0n) is 22.0. The lowest BCUT2D eigenvalue weighted by molar-refractivity contribution is 0.0219. The number of likely N-dealkylation sites (tertiary alicyclic amines) is 1. The maximum Gasteiger partial charge on any atom is 0.410 e. The first-order valence-corrected chi connectivity index (χ1v) is 14.6. The van der Waals surface area contributed by atoms with Crippen molar-refractivity contribution >= 4 is 51.7 Å². The number of carbonyl (C=O) groups excluding carboxylic acids is 1. The number of thioether (sulfide) groups is 1. The maximum absolute atomic E-state index is 12.3. The Hall–Kier alpha value is -1.51. The van der Waals surface area contributed by atoms with Gasteiger partial charge in [-0.3, -0.25) is 0 Å². The number of ether oxygens (including phenoxy) is 1. The van der Waals surface area contributed by atoms with Crippen LogP contribution in [0.3, 0.4) is 0 Å². The lowest BCUT2D eigenvalue weighted by Crippen LogP contribution is -2.42. The van der Waals surface area contributed by atoms with E-state index in [-0.39, 0.29) is 6.09 Å². The monoisotopic (exact) mass is 538 g/mol. The molecule has 0 saturated carbocycles. The summed E-state index contributed by atoms with van der Waals surface area (Å²) < 4.78 is 5.50. The average molecular weight is 539 g/mol. The fourth-order valence-electron chi connectivity index (χ4n) is 4.14. The van der Waals surface area contributed by atoms with Crippen molar-refractivity contribution in [3.63, 3.8) is 0 Å². The smallest absolute Gasteiger partial charge is 0.410 e. The molecule has 0 atom stereocenters. The third kappa shape index (κ3) is 8.25. The number of thiazole rings is 1. The van der Waals surface area contributed by atoms with Crippen molar-refractivity contribution in [2.45, 2.75) is 96.3 Å². The Morgan fingerprint density at radius 3 is 2.57 bits per heavy atom. The minimum atomic E-state index is -0.466. The number of fused-ring (bicyclic) bond motifs is 1. The number of anilines is 2. The number of halogens is 1. The molecule has 6 nitrogen and oxygen atoms in total. The van der Waals surface area contributed by atoms with Gasteiger partial charge in [0, 0.05) is 28.1 Å². The van der Waals surface area contributed by atoms with Crippen molar-refractivity contribution in [1.82, 2.24) is 14.9 Å². The summed E-state index contributed by atoms with van der Waals surface area (Å²) >= 11 is 9.87. The fraction of sp³-hybridized carbons (Fsp3) is 0.654. The van der Waals surface area contributed by atoms with Crippen LogP contribution in [0.25, 0.3) is 0 Å². The van der Waals surface area contributed by atoms with Gasteiger partial charge in [0.25, 0.3) is 0 Å². The van der Waals surface area contributed by atoms with Crippen LogP contribution >= 0.6 is 34.7 Å². The standard InChI is InChI=1S/C24H33ClN4O2S2.C2H6/c1-23(2,3)31-22(30)29-10-7-15(8-11-29)32-16-12-19(25)27-20(13-16)28-21-26-17-6-9-24(4,5)14-18(17)33-21;1-2/h12-13,15H,6-11,14H2,1-5H3,(H,26,27,28);1-2H3. The van der Waals surface area contributed by atoms with E-state index in [0.717, 1.165) is 41.5 Å². The number of hydrogen-bond donors (Lipinski definition) is 1. The van der Waals surface area contributed by atoms with Crippen molar-refractivity contribution in [2.24, 2.45) is 5.41 Å². The molecule has 1 aliphatic carbocycles. The van der Waals surface area contributed by atoms with E-state index in [1.54, 1.807) is 28.0 Å². The Morgan fingerprint density at radius 2 is 1.91 bits per heavy atom. The Kier molecular flexibility index (Phi) is 9.38. The molecule has 0 spiro atoms. The van der Waals surface area contributed by atoms with Gasteiger partial charge in [0.05, 0.1) is 5.69 Å². The second kappa shape index (κ2) is 11.7. The summed E-state index contributed by atoms with van der Waals surface area (Å²) in [4.78, 5) is 25.8. The molecule has 35 heavy (non-hydrogen) atoms. The van der Waals surface area contributed by atoms with Crippen molar-refractivity contribution < 1.29 is 9.53 Å². The highest BCUT2D eigenvalue weighted by Gasteiger charge is 2.29. The van der Waals surface area contributed by atoms with E-state index in [9.17, 15) is 4.79 Å². The zero-order valence-corrected chi connectivity index (χ0v) is 24.4. The van der Waals surface area contributed by atoms with Crippen LogP contribution < -0.4 is 5.32 Å². The minimum absolute atomic E-state index is 0.223. The molecule has 1 saturated heterocycles. The van der Waals surface area contributed by atoms with E-state index in [4.69, 9.17) is 21.3 Å². The van der Waals surface area contributed by atoms with Crippen LogP contribution in [0.1, 0.15) is 78.3 Å². The quantitative estimate of drug-likeness (QED) is 0.398. The van der Waals surface area contributed by atoms with Gasteiger partial charge in [-0.05, 0) is 70.4 Å². The zero-order chi connectivity index (χ0) is 25.8. The predicted molar refractivity (Wildman–Crippen MR) is 148 cm³/mol. The van der Waals surface area contributed by atoms with Crippen molar-refractivity contribution in [3.8, 4) is 0 Å². The molecule has 0 radical (unpaired) electrons. The third-order valence-corrected chi connectivity index (χ3v) is 8.37. The molecule has 2 aromatic rings. The SMILES string of the molecule is CC.CC1(C)CCc2nc(Nc3cc(SC4CCN(C(=O)OC(C)(C)C)CC4)cc(Cl)n3)sc2C1. The highest BCUT2D eigenvalue weighted by Crippen LogP contribution is 2.40. The molecule has 4 rings (SSSR count). The number of aromatic nitrogens is 2. The Morgan fingerprint density at radius 1 is 1.23 bits per heavy atom. The lowest BCUT2D eigenvalue weighted by atomic mass is 9.79. The summed E-state index contributed by atoms with van der Waals surface area (Å²) in [6.45, 7) is 15.7. The Labute approximate surface area is 223 Å². The number of nitrogens with zero attached hydrogens (tertiary/aromatic N) is 3. The van der Waals surface area contributed by atoms with Crippen molar-refractivity contribution in [2.75, 3.05) is 18.4 Å². The molecule has 1 amide bonds. The number of nitrogens with one attached hydrogen (secondary N) is 1. The number of pyridine rings is 1. The first kappa shape index (κ1) is 28.1. The molecule has 2 aliphatic rings. The van der Waals surface area contributed by atoms with Crippen LogP contribution in [0.4, 0.5) is 15.7 Å². The molecule has 1 N–H and O–H groups in total. The summed E-state index contributed by atoms with van der Waals surface area (Å²) in [5.41, 5.74) is 1.09. The molecule has 1 aliphatic heterocycles. The van der Waals surface area contributed by atoms with Gasteiger partial charge in [-0.2, -0.15) is 0 Å². The van der Waals surface area contributed by atoms with Gasteiger partial charge in [0.15, 0.2) is 5.13 Å². The number of piperidine rings is 1. The van der Waals surface area contributed by atoms with E-state index < -0.39 is 5.60 Å². The highest BCUT2D eigenvalue weighted by molar-refractivity contribution is 8.00. The minimum Gasteiger partial charge on any atom is -0.444 e. The van der Waals surface area contributed by atoms with Crippen LogP contribution in [0.2, 0.25) is 5.15 Å². The van der Waals surface area contributed by atoms with Crippen LogP contribution in [-0.2, 0) is 17.6 Å². The van der Waals surface area contributed by atoms with Crippen LogP contribution in [0.5, 0.6) is 0 Å². The summed E-state index contributed by atoms with van der Waals surface area (Å²) in [5, 5.41) is 5.15. The largest absolute Gasteiger partial charge is 0.444 e. The van der Waals surface area contributed by atoms with Crippen molar-refractivity contribution in [1.29, 1.82) is 0 Å². The predicted octanol–water partition coefficient (Wildman–Crippen LogP) is 7.97. The average Bonchev–Trinajstić information content (AvgIpc) is 3.14. The van der Waals surface area contributed by atoms with Gasteiger partial charge in [0.1, 0.15) is 16.6 Å². The normalized spacial score (nSPS) is 17.8. The summed E-state index contributed by atoms with van der Waals surface area (Å²) in [6, 6.07) is 3.95. The van der Waals surface area contributed by atoms with Gasteiger partial charge in [0.2, 0.25) is 0 Å². The van der Waals surface area contributed by atoms with Gasteiger partial charge in [-0.1, -0.05) is 39.3 Å². The Bertz CT molecular complexity index is 1010. The topological polar surface area (TPSA) is 67.4 Å². The van der Waals surface area contributed by atoms with E-state index >= 15 is 0 Å². The number of aryl methyl sites for hydroxylation is 1. The summed E-state index contributed by atoms with van der Waals surface area (Å²) in [6.07, 6.45) is 4.90. The van der Waals surface area contributed by atoms with E-state index in [0.29, 0.717) is 28.9 Å². The van der Waals surface area contributed by atoms with Gasteiger partial charge >= 0.3 is 6.09 Å². The van der Waals surface area contributed by atoms with E-state index in [1.165, 1.54) is 17.0 Å². The van der Waals surface area contributed by atoms with E-state index in [2.05, 4.69) is 24.1 Å². The molecule has 0 bridgehead atoms. The molecule has 9 heteroatoms. The second-order valence-corrected chi connectivity index (χ2v) is 13.5. The molecule has 1 fully saturated rings. The summed E-state index contributed by atoms with van der Waals surface area (Å²) in [5.74, 6) is 0.724. The van der Waals surface area contributed by atoms with Crippen LogP contribution in [0, 0.1) is 5.41 Å². The fourth-order valence-corrected chi connectivity index (χ4v) is 6.88. The number of hydrogen-bond acceptors (Lipinski definition) is 7. The molecule has 2 aromatic heterocycles. The molecule has 0 unspecified atom stereocenters. The van der Waals surface area contributed by atoms with Gasteiger partial charge in [-0.25, -0.2) is 14.8 Å². The molecule has 0 aromatic carbocycles.